The lowest BCUT2D eigenvalue weighted by molar-refractivity contribution is 0.580. The van der Waals surface area contributed by atoms with Crippen LogP contribution in [0.2, 0.25) is 0 Å². The molecule has 4 nitrogen and oxygen atoms in total. The fourth-order valence-electron chi connectivity index (χ4n) is 2.44. The maximum absolute atomic E-state index is 12.9. The molecular formula is C19H19FN2O2S2. The Bertz CT molecular complexity index is 966. The number of benzene rings is 2. The molecule has 0 aliphatic rings. The summed E-state index contributed by atoms with van der Waals surface area (Å²) in [4.78, 5) is 5.27. The first-order valence-electron chi connectivity index (χ1n) is 8.10. The highest BCUT2D eigenvalue weighted by Crippen LogP contribution is 2.18. The highest BCUT2D eigenvalue weighted by molar-refractivity contribution is 7.88. The van der Waals surface area contributed by atoms with Crippen LogP contribution in [0.3, 0.4) is 0 Å². The van der Waals surface area contributed by atoms with Crippen LogP contribution >= 0.6 is 11.3 Å². The molecule has 0 spiro atoms. The molecule has 0 saturated carbocycles. The summed E-state index contributed by atoms with van der Waals surface area (Å²) in [5.41, 5.74) is 2.83. The number of sulfonamides is 1. The number of halogens is 1. The van der Waals surface area contributed by atoms with Crippen LogP contribution in [-0.2, 0) is 28.7 Å². The first kappa shape index (κ1) is 18.7. The van der Waals surface area contributed by atoms with Crippen LogP contribution in [0.1, 0.15) is 26.6 Å². The van der Waals surface area contributed by atoms with Gasteiger partial charge in [-0.3, -0.25) is 0 Å². The lowest BCUT2D eigenvalue weighted by Gasteiger charge is -2.05. The zero-order valence-electron chi connectivity index (χ0n) is 14.3. The van der Waals surface area contributed by atoms with Crippen molar-refractivity contribution in [3.8, 4) is 0 Å². The molecule has 0 aliphatic heterocycles. The van der Waals surface area contributed by atoms with E-state index in [-0.39, 0.29) is 18.1 Å². The molecule has 136 valence electrons. The fourth-order valence-corrected chi connectivity index (χ4v) is 4.52. The number of hydrogen-bond acceptors (Lipinski definition) is 4. The van der Waals surface area contributed by atoms with Crippen LogP contribution in [0.15, 0.2) is 54.7 Å². The quantitative estimate of drug-likeness (QED) is 0.668. The molecule has 0 radical (unpaired) electrons. The smallest absolute Gasteiger partial charge is 0.216 e. The largest absolute Gasteiger partial charge is 0.248 e. The second-order valence-corrected chi connectivity index (χ2v) is 9.10. The molecule has 0 amide bonds. The molecule has 0 bridgehead atoms. The molecule has 3 rings (SSSR count). The Hall–Kier alpha value is -2.09. The van der Waals surface area contributed by atoms with E-state index in [0.717, 1.165) is 21.6 Å². The van der Waals surface area contributed by atoms with Gasteiger partial charge in [0.1, 0.15) is 10.8 Å². The van der Waals surface area contributed by atoms with Crippen LogP contribution in [0, 0.1) is 12.7 Å². The van der Waals surface area contributed by atoms with Crippen molar-refractivity contribution in [2.24, 2.45) is 0 Å². The number of nitrogens with zero attached hydrogens (tertiary/aromatic N) is 1. The molecule has 26 heavy (non-hydrogen) atoms. The first-order chi connectivity index (χ1) is 12.4. The number of thiazole rings is 1. The van der Waals surface area contributed by atoms with Gasteiger partial charge in [0, 0.05) is 17.5 Å². The second-order valence-electron chi connectivity index (χ2n) is 6.09. The van der Waals surface area contributed by atoms with E-state index in [1.807, 2.05) is 31.2 Å². The van der Waals surface area contributed by atoms with Crippen molar-refractivity contribution in [3.05, 3.63) is 87.1 Å². The predicted octanol–water partition coefficient (Wildman–Crippen LogP) is 3.80. The maximum Gasteiger partial charge on any atom is 0.216 e. The van der Waals surface area contributed by atoms with Gasteiger partial charge in [0.15, 0.2) is 0 Å². The summed E-state index contributed by atoms with van der Waals surface area (Å²) in [5.74, 6) is -0.317. The third-order valence-electron chi connectivity index (χ3n) is 3.81. The highest BCUT2D eigenvalue weighted by atomic mass is 32.2. The number of nitrogens with one attached hydrogen (secondary N) is 1. The lowest BCUT2D eigenvalue weighted by Crippen LogP contribution is -2.24. The molecule has 7 heteroatoms. The summed E-state index contributed by atoms with van der Waals surface area (Å²) in [6.07, 6.45) is 2.38. The minimum absolute atomic E-state index is 0.0545. The second kappa shape index (κ2) is 8.07. The van der Waals surface area contributed by atoms with E-state index in [4.69, 9.17) is 0 Å². The maximum atomic E-state index is 12.9. The zero-order valence-corrected chi connectivity index (χ0v) is 15.9. The van der Waals surface area contributed by atoms with Gasteiger partial charge < -0.3 is 0 Å². The van der Waals surface area contributed by atoms with Gasteiger partial charge in [0.25, 0.3) is 0 Å². The van der Waals surface area contributed by atoms with Crippen molar-refractivity contribution in [1.29, 1.82) is 0 Å². The predicted molar refractivity (Wildman–Crippen MR) is 102 cm³/mol. The Balaban J connectivity index is 1.56. The van der Waals surface area contributed by atoms with Crippen molar-refractivity contribution in [1.82, 2.24) is 9.71 Å². The third kappa shape index (κ3) is 5.45. The number of rotatable bonds is 7. The SMILES string of the molecule is Cc1ccc(CS(=O)(=O)NCc2ncc(Cc3ccc(F)cc3)s2)cc1. The molecule has 1 heterocycles. The average Bonchev–Trinajstić information content (AvgIpc) is 3.05. The van der Waals surface area contributed by atoms with Crippen molar-refractivity contribution < 1.29 is 12.8 Å². The summed E-state index contributed by atoms with van der Waals surface area (Å²) < 4.78 is 40.0. The van der Waals surface area contributed by atoms with Crippen LogP contribution in [-0.4, -0.2) is 13.4 Å². The Labute approximate surface area is 156 Å². The molecule has 3 aromatic rings. The Morgan fingerprint density at radius 2 is 1.69 bits per heavy atom. The standard InChI is InChI=1S/C19H19FN2O2S2/c1-14-2-4-16(5-3-14)13-26(23,24)22-12-19-21-11-18(25-19)10-15-6-8-17(20)9-7-15/h2-9,11,22H,10,12-13H2,1H3. The number of hydrogen-bond donors (Lipinski definition) is 1. The minimum Gasteiger partial charge on any atom is -0.248 e. The van der Waals surface area contributed by atoms with Gasteiger partial charge in [-0.1, -0.05) is 42.0 Å². The van der Waals surface area contributed by atoms with E-state index in [1.165, 1.54) is 23.5 Å². The molecule has 0 atom stereocenters. The number of aryl methyl sites for hydroxylation is 1. The van der Waals surface area contributed by atoms with Gasteiger partial charge in [-0.05, 0) is 30.2 Å². The van der Waals surface area contributed by atoms with E-state index in [1.54, 1.807) is 18.3 Å². The molecule has 0 fully saturated rings. The van der Waals surface area contributed by atoms with Crippen molar-refractivity contribution >= 4 is 21.4 Å². The van der Waals surface area contributed by atoms with Crippen LogP contribution < -0.4 is 4.72 Å². The van der Waals surface area contributed by atoms with E-state index in [0.29, 0.717) is 11.4 Å². The molecule has 0 unspecified atom stereocenters. The lowest BCUT2D eigenvalue weighted by atomic mass is 10.1. The van der Waals surface area contributed by atoms with Crippen molar-refractivity contribution in [2.75, 3.05) is 0 Å². The topological polar surface area (TPSA) is 59.1 Å². The van der Waals surface area contributed by atoms with Crippen LogP contribution in [0.25, 0.3) is 0 Å². The van der Waals surface area contributed by atoms with Crippen LogP contribution in [0.4, 0.5) is 4.39 Å². The van der Waals surface area contributed by atoms with E-state index >= 15 is 0 Å². The van der Waals surface area contributed by atoms with Gasteiger partial charge >= 0.3 is 0 Å². The third-order valence-corrected chi connectivity index (χ3v) is 6.11. The van der Waals surface area contributed by atoms with Crippen molar-refractivity contribution in [2.45, 2.75) is 25.6 Å². The Kier molecular flexibility index (Phi) is 5.80. The monoisotopic (exact) mass is 390 g/mol. The minimum atomic E-state index is -3.43. The van der Waals surface area contributed by atoms with Crippen molar-refractivity contribution in [3.63, 3.8) is 0 Å². The van der Waals surface area contributed by atoms with Gasteiger partial charge in [-0.25, -0.2) is 22.5 Å². The summed E-state index contributed by atoms with van der Waals surface area (Å²) in [7, 11) is -3.43. The summed E-state index contributed by atoms with van der Waals surface area (Å²) in [6.45, 7) is 2.13. The molecule has 2 aromatic carbocycles. The summed E-state index contributed by atoms with van der Waals surface area (Å²) in [6, 6.07) is 13.8. The van der Waals surface area contributed by atoms with Gasteiger partial charge in [0.2, 0.25) is 10.0 Å². The average molecular weight is 391 g/mol. The Morgan fingerprint density at radius 3 is 2.38 bits per heavy atom. The summed E-state index contributed by atoms with van der Waals surface area (Å²) >= 11 is 1.45. The van der Waals surface area contributed by atoms with E-state index in [9.17, 15) is 12.8 Å². The van der Waals surface area contributed by atoms with Gasteiger partial charge in [-0.15, -0.1) is 11.3 Å². The van der Waals surface area contributed by atoms with E-state index < -0.39 is 10.0 Å². The highest BCUT2D eigenvalue weighted by Gasteiger charge is 2.13. The van der Waals surface area contributed by atoms with Crippen LogP contribution in [0.5, 0.6) is 0 Å². The molecule has 1 aromatic heterocycles. The molecule has 0 aliphatic carbocycles. The zero-order chi connectivity index (χ0) is 18.6. The van der Waals surface area contributed by atoms with E-state index in [2.05, 4.69) is 9.71 Å². The number of aromatic nitrogens is 1. The van der Waals surface area contributed by atoms with Gasteiger partial charge in [0.05, 0.1) is 12.3 Å². The van der Waals surface area contributed by atoms with Gasteiger partial charge in [-0.2, -0.15) is 0 Å². The molecule has 0 saturated heterocycles. The normalized spacial score (nSPS) is 11.6. The molecule has 1 N–H and O–H groups in total. The fraction of sp³-hybridized carbons (Fsp3) is 0.211. The first-order valence-corrected chi connectivity index (χ1v) is 10.6. The summed E-state index contributed by atoms with van der Waals surface area (Å²) in [5, 5.41) is 0.703. The molecular weight excluding hydrogens is 371 g/mol. The Morgan fingerprint density at radius 1 is 1.04 bits per heavy atom.